The highest BCUT2D eigenvalue weighted by Gasteiger charge is 2.27. The van der Waals surface area contributed by atoms with E-state index in [9.17, 15) is 4.79 Å². The molecule has 2 heterocycles. The van der Waals surface area contributed by atoms with Gasteiger partial charge in [0, 0.05) is 23.6 Å². The molecule has 0 fully saturated rings. The third-order valence-electron chi connectivity index (χ3n) is 4.50. The Morgan fingerprint density at radius 1 is 1.08 bits per heavy atom. The lowest BCUT2D eigenvalue weighted by Crippen LogP contribution is -2.24. The summed E-state index contributed by atoms with van der Waals surface area (Å²) in [6.07, 6.45) is 4.42. The topological polar surface area (TPSA) is 45.2 Å². The molecule has 1 N–H and O–H groups in total. The number of para-hydroxylation sites is 2. The quantitative estimate of drug-likeness (QED) is 0.774. The number of amides is 1. The van der Waals surface area contributed by atoms with Crippen molar-refractivity contribution in [2.45, 2.75) is 19.4 Å². The monoisotopic (exact) mass is 329 g/mol. The number of hydrogen-bond donors (Lipinski definition) is 1. The largest absolute Gasteiger partial charge is 0.337 e. The van der Waals surface area contributed by atoms with Gasteiger partial charge in [0.2, 0.25) is 0 Å². The van der Waals surface area contributed by atoms with Gasteiger partial charge < -0.3 is 10.2 Å². The van der Waals surface area contributed by atoms with Gasteiger partial charge in [-0.15, -0.1) is 0 Å². The van der Waals surface area contributed by atoms with Crippen molar-refractivity contribution in [2.24, 2.45) is 0 Å². The first-order chi connectivity index (χ1) is 12.2. The van der Waals surface area contributed by atoms with E-state index in [2.05, 4.69) is 40.3 Å². The van der Waals surface area contributed by atoms with E-state index in [-0.39, 0.29) is 5.91 Å². The van der Waals surface area contributed by atoms with Crippen molar-refractivity contribution in [2.75, 3.05) is 10.2 Å². The molecule has 124 valence electrons. The summed E-state index contributed by atoms with van der Waals surface area (Å²) in [6, 6.07) is 20.1. The fraction of sp³-hybridized carbons (Fsp3) is 0.143. The number of benzene rings is 2. The summed E-state index contributed by atoms with van der Waals surface area (Å²) in [5, 5.41) is 2.91. The van der Waals surface area contributed by atoms with Gasteiger partial charge in [0.25, 0.3) is 5.91 Å². The Labute approximate surface area is 147 Å². The van der Waals surface area contributed by atoms with E-state index >= 15 is 0 Å². The number of pyridine rings is 1. The number of carbonyl (C=O) groups excluding carboxylic acids is 1. The van der Waals surface area contributed by atoms with Crippen LogP contribution >= 0.6 is 0 Å². The van der Waals surface area contributed by atoms with Gasteiger partial charge >= 0.3 is 0 Å². The molecule has 0 bridgehead atoms. The van der Waals surface area contributed by atoms with Gasteiger partial charge in [0.1, 0.15) is 0 Å². The van der Waals surface area contributed by atoms with Gasteiger partial charge in [0.15, 0.2) is 0 Å². The smallest absolute Gasteiger partial charge is 0.257 e. The molecule has 2 aromatic carbocycles. The SMILES string of the molecule is CC1Cc2ccccc2N1c1cncc(C(=O)Nc2ccccc2)c1. The summed E-state index contributed by atoms with van der Waals surface area (Å²) < 4.78 is 0. The molecule has 1 aromatic heterocycles. The second kappa shape index (κ2) is 6.40. The number of fused-ring (bicyclic) bond motifs is 1. The van der Waals surface area contributed by atoms with Crippen LogP contribution in [0.3, 0.4) is 0 Å². The molecule has 1 aliphatic rings. The summed E-state index contributed by atoms with van der Waals surface area (Å²) in [5.41, 5.74) is 4.79. The van der Waals surface area contributed by atoms with E-state index in [1.165, 1.54) is 11.3 Å². The number of carbonyl (C=O) groups is 1. The van der Waals surface area contributed by atoms with Crippen LogP contribution in [0.5, 0.6) is 0 Å². The lowest BCUT2D eigenvalue weighted by Gasteiger charge is -2.25. The third kappa shape index (κ3) is 2.98. The Kier molecular flexibility index (Phi) is 3.94. The minimum atomic E-state index is -0.152. The molecule has 1 amide bonds. The molecule has 0 spiro atoms. The van der Waals surface area contributed by atoms with Crippen molar-refractivity contribution in [1.29, 1.82) is 0 Å². The van der Waals surface area contributed by atoms with E-state index in [1.807, 2.05) is 48.7 Å². The molecule has 4 rings (SSSR count). The zero-order valence-corrected chi connectivity index (χ0v) is 14.0. The number of nitrogens with one attached hydrogen (secondary N) is 1. The number of rotatable bonds is 3. The predicted molar refractivity (Wildman–Crippen MR) is 100 cm³/mol. The van der Waals surface area contributed by atoms with Crippen LogP contribution in [0.2, 0.25) is 0 Å². The second-order valence-corrected chi connectivity index (χ2v) is 6.30. The molecule has 4 nitrogen and oxygen atoms in total. The summed E-state index contributed by atoms with van der Waals surface area (Å²) in [7, 11) is 0. The molecule has 1 aliphatic heterocycles. The van der Waals surface area contributed by atoms with Crippen molar-refractivity contribution in [3.05, 3.63) is 84.2 Å². The second-order valence-electron chi connectivity index (χ2n) is 6.30. The summed E-state index contributed by atoms with van der Waals surface area (Å²) in [6.45, 7) is 2.19. The molecule has 0 aliphatic carbocycles. The van der Waals surface area contributed by atoms with Gasteiger partial charge in [-0.1, -0.05) is 36.4 Å². The lowest BCUT2D eigenvalue weighted by molar-refractivity contribution is 0.102. The zero-order valence-electron chi connectivity index (χ0n) is 14.0. The minimum absolute atomic E-state index is 0.152. The van der Waals surface area contributed by atoms with Gasteiger partial charge in [-0.25, -0.2) is 0 Å². The Bertz CT molecular complexity index is 908. The van der Waals surface area contributed by atoms with E-state index in [1.54, 1.807) is 6.20 Å². The van der Waals surface area contributed by atoms with Crippen LogP contribution in [-0.4, -0.2) is 16.9 Å². The van der Waals surface area contributed by atoms with Crippen molar-refractivity contribution in [3.8, 4) is 0 Å². The first-order valence-electron chi connectivity index (χ1n) is 8.41. The van der Waals surface area contributed by atoms with Crippen LogP contribution in [0.1, 0.15) is 22.8 Å². The van der Waals surface area contributed by atoms with Gasteiger partial charge in [-0.05, 0) is 43.2 Å². The average Bonchev–Trinajstić information content (AvgIpc) is 2.98. The summed E-state index contributed by atoms with van der Waals surface area (Å²) in [4.78, 5) is 19.1. The van der Waals surface area contributed by atoms with Crippen molar-refractivity contribution in [1.82, 2.24) is 4.98 Å². The third-order valence-corrected chi connectivity index (χ3v) is 4.50. The molecule has 0 saturated carbocycles. The molecule has 1 atom stereocenters. The minimum Gasteiger partial charge on any atom is -0.337 e. The average molecular weight is 329 g/mol. The fourth-order valence-electron chi connectivity index (χ4n) is 3.37. The molecular formula is C21H19N3O. The Balaban J connectivity index is 1.63. The molecule has 3 aromatic rings. The fourth-order valence-corrected chi connectivity index (χ4v) is 3.37. The molecule has 0 radical (unpaired) electrons. The van der Waals surface area contributed by atoms with Gasteiger partial charge in [0.05, 0.1) is 17.4 Å². The first-order valence-corrected chi connectivity index (χ1v) is 8.41. The van der Waals surface area contributed by atoms with Crippen LogP contribution in [0.4, 0.5) is 17.1 Å². The van der Waals surface area contributed by atoms with E-state index in [0.29, 0.717) is 11.6 Å². The highest BCUT2D eigenvalue weighted by Crippen LogP contribution is 2.37. The standard InChI is InChI=1S/C21H19N3O/c1-15-11-16-7-5-6-10-20(16)24(15)19-12-17(13-22-14-19)21(25)23-18-8-3-2-4-9-18/h2-10,12-15H,11H2,1H3,(H,23,25). The number of aromatic nitrogens is 1. The van der Waals surface area contributed by atoms with Crippen LogP contribution < -0.4 is 10.2 Å². The maximum Gasteiger partial charge on any atom is 0.257 e. The Hall–Kier alpha value is -3.14. The normalized spacial score (nSPS) is 15.7. The lowest BCUT2D eigenvalue weighted by atomic mass is 10.1. The number of hydrogen-bond acceptors (Lipinski definition) is 3. The first kappa shape index (κ1) is 15.4. The van der Waals surface area contributed by atoms with Crippen molar-refractivity contribution in [3.63, 3.8) is 0 Å². The molecule has 1 unspecified atom stereocenters. The zero-order chi connectivity index (χ0) is 17.2. The van der Waals surface area contributed by atoms with E-state index in [0.717, 1.165) is 17.8 Å². The highest BCUT2D eigenvalue weighted by molar-refractivity contribution is 6.04. The summed E-state index contributed by atoms with van der Waals surface area (Å²) >= 11 is 0. The van der Waals surface area contributed by atoms with Gasteiger partial charge in [-0.2, -0.15) is 0 Å². The van der Waals surface area contributed by atoms with Crippen LogP contribution in [0.25, 0.3) is 0 Å². The Morgan fingerprint density at radius 3 is 2.68 bits per heavy atom. The van der Waals surface area contributed by atoms with E-state index < -0.39 is 0 Å². The van der Waals surface area contributed by atoms with Crippen LogP contribution in [0.15, 0.2) is 73.1 Å². The molecule has 0 saturated heterocycles. The molecular weight excluding hydrogens is 310 g/mol. The van der Waals surface area contributed by atoms with Crippen molar-refractivity contribution >= 4 is 23.0 Å². The number of anilines is 3. The van der Waals surface area contributed by atoms with Crippen molar-refractivity contribution < 1.29 is 4.79 Å². The predicted octanol–water partition coefficient (Wildman–Crippen LogP) is 4.42. The Morgan fingerprint density at radius 2 is 1.84 bits per heavy atom. The maximum atomic E-state index is 12.5. The highest BCUT2D eigenvalue weighted by atomic mass is 16.1. The van der Waals surface area contributed by atoms with E-state index in [4.69, 9.17) is 0 Å². The van der Waals surface area contributed by atoms with Gasteiger partial charge in [-0.3, -0.25) is 9.78 Å². The molecule has 25 heavy (non-hydrogen) atoms. The maximum absolute atomic E-state index is 12.5. The molecule has 4 heteroatoms. The summed E-state index contributed by atoms with van der Waals surface area (Å²) in [5.74, 6) is -0.152. The number of nitrogens with zero attached hydrogens (tertiary/aromatic N) is 2. The van der Waals surface area contributed by atoms with Crippen LogP contribution in [-0.2, 0) is 6.42 Å². The van der Waals surface area contributed by atoms with Crippen LogP contribution in [0, 0.1) is 0 Å².